The molecule has 4 heterocycles. The molecule has 0 radical (unpaired) electrons. The van der Waals surface area contributed by atoms with E-state index in [9.17, 15) is 5.26 Å². The Kier molecular flexibility index (Phi) is 5.91. The summed E-state index contributed by atoms with van der Waals surface area (Å²) in [6.07, 6.45) is 10.1. The molecule has 6 rings (SSSR count). The summed E-state index contributed by atoms with van der Waals surface area (Å²) in [4.78, 5) is 15.2. The number of allylic oxidation sites excluding steroid dienone is 3. The number of nitriles is 1. The summed E-state index contributed by atoms with van der Waals surface area (Å²) in [7, 11) is 0. The first kappa shape index (κ1) is 22.5. The molecule has 35 heavy (non-hydrogen) atoms. The molecular weight excluding hydrogens is 434 g/mol. The van der Waals surface area contributed by atoms with E-state index >= 15 is 0 Å². The van der Waals surface area contributed by atoms with Gasteiger partial charge in [0.1, 0.15) is 12.4 Å². The maximum Gasteiger partial charge on any atom is 0.111 e. The molecule has 2 aromatic rings. The minimum absolute atomic E-state index is 0.0109. The van der Waals surface area contributed by atoms with Crippen LogP contribution in [0, 0.1) is 11.3 Å². The van der Waals surface area contributed by atoms with Crippen molar-refractivity contribution in [3.05, 3.63) is 52.7 Å². The lowest BCUT2D eigenvalue weighted by Gasteiger charge is -2.41. The van der Waals surface area contributed by atoms with E-state index in [1.807, 2.05) is 6.08 Å². The van der Waals surface area contributed by atoms with Gasteiger partial charge in [-0.3, -0.25) is 9.89 Å². The molecule has 1 N–H and O–H groups in total. The Labute approximate surface area is 207 Å². The predicted octanol–water partition coefficient (Wildman–Crippen LogP) is 5.35. The predicted molar refractivity (Wildman–Crippen MR) is 141 cm³/mol. The van der Waals surface area contributed by atoms with Crippen LogP contribution in [0.4, 0.5) is 0 Å². The smallest absolute Gasteiger partial charge is 0.111 e. The maximum atomic E-state index is 9.89. The number of aromatic amines is 1. The highest BCUT2D eigenvalue weighted by Crippen LogP contribution is 2.38. The van der Waals surface area contributed by atoms with Crippen molar-refractivity contribution in [1.29, 1.82) is 5.26 Å². The van der Waals surface area contributed by atoms with Crippen LogP contribution < -0.4 is 0 Å². The summed E-state index contributed by atoms with van der Waals surface area (Å²) in [6.45, 7) is 8.66. The number of fused-ring (bicyclic) bond motifs is 2. The van der Waals surface area contributed by atoms with E-state index in [0.717, 1.165) is 56.1 Å². The third kappa shape index (κ3) is 4.07. The molecule has 4 aliphatic rings. The molecule has 0 amide bonds. The maximum absolute atomic E-state index is 9.89. The van der Waals surface area contributed by atoms with E-state index < -0.39 is 0 Å². The Morgan fingerprint density at radius 3 is 2.71 bits per heavy atom. The van der Waals surface area contributed by atoms with Crippen molar-refractivity contribution >= 4 is 28.5 Å². The van der Waals surface area contributed by atoms with Crippen LogP contribution >= 0.6 is 0 Å². The van der Waals surface area contributed by atoms with Crippen LogP contribution in [0.15, 0.2) is 45.9 Å². The lowest BCUT2D eigenvalue weighted by atomic mass is 9.86. The molecule has 3 aliphatic heterocycles. The van der Waals surface area contributed by atoms with Gasteiger partial charge in [0.2, 0.25) is 0 Å². The Balaban J connectivity index is 1.34. The summed E-state index contributed by atoms with van der Waals surface area (Å²) >= 11 is 0. The zero-order chi connectivity index (χ0) is 23.9. The zero-order valence-corrected chi connectivity index (χ0v) is 20.6. The summed E-state index contributed by atoms with van der Waals surface area (Å²) in [5.74, 6) is 0.970. The number of aromatic nitrogens is 1. The Morgan fingerprint density at radius 2 is 2.00 bits per heavy atom. The third-order valence-electron chi connectivity index (χ3n) is 8.13. The number of rotatable bonds is 4. The van der Waals surface area contributed by atoms with Gasteiger partial charge in [-0.2, -0.15) is 5.26 Å². The zero-order valence-electron chi connectivity index (χ0n) is 20.6. The molecule has 0 spiro atoms. The second kappa shape index (κ2) is 9.22. The van der Waals surface area contributed by atoms with Gasteiger partial charge in [0.25, 0.3) is 0 Å². The SMILES string of the molecule is CC(C)c1c(C2=C/CCC3N=CN=C3/C(C#N)=C\2)[nH]c2ccc(C3CCN(C4COC4)CC3)cc12. The van der Waals surface area contributed by atoms with Gasteiger partial charge in [-0.1, -0.05) is 26.0 Å². The summed E-state index contributed by atoms with van der Waals surface area (Å²) in [6, 6.07) is 10.0. The molecule has 1 aromatic heterocycles. The van der Waals surface area contributed by atoms with Crippen LogP contribution in [0.5, 0.6) is 0 Å². The van der Waals surface area contributed by atoms with Crippen LogP contribution in [0.3, 0.4) is 0 Å². The van der Waals surface area contributed by atoms with Crippen LogP contribution in [-0.4, -0.2) is 60.3 Å². The second-order valence-electron chi connectivity index (χ2n) is 10.6. The number of hydrogen-bond acceptors (Lipinski definition) is 5. The number of nitrogens with one attached hydrogen (secondary N) is 1. The van der Waals surface area contributed by atoms with E-state index in [4.69, 9.17) is 4.74 Å². The van der Waals surface area contributed by atoms with Gasteiger partial charge < -0.3 is 9.72 Å². The monoisotopic (exact) mass is 467 g/mol. The van der Waals surface area contributed by atoms with Crippen molar-refractivity contribution in [2.24, 2.45) is 9.98 Å². The topological polar surface area (TPSA) is 76.8 Å². The molecule has 1 atom stereocenters. The second-order valence-corrected chi connectivity index (χ2v) is 10.6. The lowest BCUT2D eigenvalue weighted by Crippen LogP contribution is -2.51. The van der Waals surface area contributed by atoms with Crippen molar-refractivity contribution < 1.29 is 4.74 Å². The van der Waals surface area contributed by atoms with Crippen molar-refractivity contribution in [1.82, 2.24) is 9.88 Å². The number of hydrogen-bond donors (Lipinski definition) is 1. The first-order valence-electron chi connectivity index (χ1n) is 13.0. The summed E-state index contributed by atoms with van der Waals surface area (Å²) < 4.78 is 5.40. The van der Waals surface area contributed by atoms with Gasteiger partial charge in [-0.05, 0) is 85.5 Å². The van der Waals surface area contributed by atoms with Crippen molar-refractivity contribution in [3.8, 4) is 6.07 Å². The largest absolute Gasteiger partial charge is 0.378 e. The van der Waals surface area contributed by atoms with Crippen LogP contribution in [0.25, 0.3) is 16.5 Å². The molecule has 1 aromatic carbocycles. The average molecular weight is 468 g/mol. The molecule has 0 bridgehead atoms. The Hall–Kier alpha value is -3.01. The van der Waals surface area contributed by atoms with Crippen LogP contribution in [0.2, 0.25) is 0 Å². The molecule has 6 nitrogen and oxygen atoms in total. The van der Waals surface area contributed by atoms with Gasteiger partial charge in [0.05, 0.1) is 36.6 Å². The minimum Gasteiger partial charge on any atom is -0.378 e. The molecule has 2 fully saturated rings. The van der Waals surface area contributed by atoms with Gasteiger partial charge in [-0.25, -0.2) is 4.99 Å². The first-order chi connectivity index (χ1) is 17.1. The normalized spacial score (nSPS) is 26.8. The highest BCUT2D eigenvalue weighted by Gasteiger charge is 2.30. The molecule has 0 saturated carbocycles. The molecular formula is C29H33N5O. The Morgan fingerprint density at radius 1 is 1.17 bits per heavy atom. The van der Waals surface area contributed by atoms with Gasteiger partial charge in [0.15, 0.2) is 0 Å². The highest BCUT2D eigenvalue weighted by molar-refractivity contribution is 6.14. The third-order valence-corrected chi connectivity index (χ3v) is 8.13. The van der Waals surface area contributed by atoms with E-state index in [2.05, 4.69) is 64.1 Å². The number of likely N-dealkylation sites (tertiary alicyclic amines) is 1. The van der Waals surface area contributed by atoms with Crippen molar-refractivity contribution in [3.63, 3.8) is 0 Å². The lowest BCUT2D eigenvalue weighted by molar-refractivity contribution is -0.0712. The van der Waals surface area contributed by atoms with E-state index in [-0.39, 0.29) is 6.04 Å². The number of H-pyrrole nitrogens is 1. The summed E-state index contributed by atoms with van der Waals surface area (Å²) in [5.41, 5.74) is 7.62. The number of benzene rings is 1. The fourth-order valence-corrected chi connectivity index (χ4v) is 6.09. The van der Waals surface area contributed by atoms with Gasteiger partial charge in [0, 0.05) is 16.6 Å². The average Bonchev–Trinajstić information content (AvgIpc) is 3.43. The van der Waals surface area contributed by atoms with Gasteiger partial charge >= 0.3 is 0 Å². The standard InChI is InChI=1S/C29H33N5O/c1-18(2)27-24-13-20(19-8-10-34(11-9-19)23-15-35-16-23)6-7-25(24)33-29(27)21-4-3-5-26-28(32-17-31-26)22(12-21)14-30/h4,6-7,12-13,17-19,23,26,33H,3,5,8-11,15-16H2,1-2H3/b21-4+,22-12-. The van der Waals surface area contributed by atoms with E-state index in [1.54, 1.807) is 6.34 Å². The summed E-state index contributed by atoms with van der Waals surface area (Å²) in [5, 5.41) is 11.2. The fourth-order valence-electron chi connectivity index (χ4n) is 6.09. The number of ether oxygens (including phenoxy) is 1. The quantitative estimate of drug-likeness (QED) is 0.659. The van der Waals surface area contributed by atoms with Crippen LogP contribution in [0.1, 0.15) is 68.2 Å². The molecule has 6 heteroatoms. The number of piperidine rings is 1. The first-order valence-corrected chi connectivity index (χ1v) is 13.0. The van der Waals surface area contributed by atoms with E-state index in [0.29, 0.717) is 23.5 Å². The number of aliphatic imine (C=N–C) groups is 2. The Bertz CT molecular complexity index is 1290. The highest BCUT2D eigenvalue weighted by atomic mass is 16.5. The van der Waals surface area contributed by atoms with Crippen molar-refractivity contribution in [2.45, 2.75) is 63.5 Å². The molecule has 1 unspecified atom stereocenters. The number of nitrogens with zero attached hydrogens (tertiary/aromatic N) is 4. The molecule has 1 aliphatic carbocycles. The van der Waals surface area contributed by atoms with Gasteiger partial charge in [-0.15, -0.1) is 0 Å². The fraction of sp³-hybridized carbons (Fsp3) is 0.483. The minimum atomic E-state index is 0.0109. The van der Waals surface area contributed by atoms with Crippen LogP contribution in [-0.2, 0) is 4.74 Å². The molecule has 180 valence electrons. The van der Waals surface area contributed by atoms with Crippen molar-refractivity contribution in [2.75, 3.05) is 26.3 Å². The molecule has 2 saturated heterocycles. The van der Waals surface area contributed by atoms with E-state index in [1.165, 1.54) is 34.9 Å².